The molecule has 0 bridgehead atoms. The normalized spacial score (nSPS) is 12.2. The van der Waals surface area contributed by atoms with Crippen molar-refractivity contribution in [2.45, 2.75) is 17.9 Å². The van der Waals surface area contributed by atoms with Crippen LogP contribution in [0.5, 0.6) is 11.5 Å². The monoisotopic (exact) mass is 343 g/mol. The number of fused-ring (bicyclic) bond motifs is 1. The fraction of sp³-hybridized carbons (Fsp3) is 0.176. The third kappa shape index (κ3) is 3.94. The molecule has 0 spiro atoms. The van der Waals surface area contributed by atoms with Crippen molar-refractivity contribution in [3.63, 3.8) is 0 Å². The molecule has 7 heteroatoms. The number of aliphatic hydroxyl groups is 1. The number of hydrogen-bond acceptors (Lipinski definition) is 6. The summed E-state index contributed by atoms with van der Waals surface area (Å²) >= 11 is 1.45. The van der Waals surface area contributed by atoms with Crippen molar-refractivity contribution < 1.29 is 9.84 Å². The van der Waals surface area contributed by atoms with E-state index in [0.29, 0.717) is 28.9 Å². The molecule has 3 rings (SSSR count). The Hall–Kier alpha value is -2.35. The van der Waals surface area contributed by atoms with Gasteiger partial charge in [-0.15, -0.1) is 0 Å². The van der Waals surface area contributed by atoms with Gasteiger partial charge < -0.3 is 14.8 Å². The average molecular weight is 343 g/mol. The van der Waals surface area contributed by atoms with Gasteiger partial charge in [-0.2, -0.15) is 0 Å². The lowest BCUT2D eigenvalue weighted by Crippen LogP contribution is -2.18. The Bertz CT molecular complexity index is 878. The van der Waals surface area contributed by atoms with Crippen LogP contribution in [-0.2, 0) is 0 Å². The summed E-state index contributed by atoms with van der Waals surface area (Å²) < 4.78 is 8.96. The summed E-state index contributed by atoms with van der Waals surface area (Å²) in [6.07, 6.45) is 2.74. The number of nitrogens with one attached hydrogen (secondary N) is 2. The second kappa shape index (κ2) is 7.48. The van der Waals surface area contributed by atoms with Gasteiger partial charge in [0.2, 0.25) is 0 Å². The first-order valence-electron chi connectivity index (χ1n) is 7.45. The maximum atomic E-state index is 11.8. The van der Waals surface area contributed by atoms with Crippen LogP contribution in [0.4, 0.5) is 0 Å². The first kappa shape index (κ1) is 16.5. The van der Waals surface area contributed by atoms with Gasteiger partial charge in [-0.25, -0.2) is 0 Å². The van der Waals surface area contributed by atoms with E-state index in [9.17, 15) is 9.90 Å². The first-order valence-corrected chi connectivity index (χ1v) is 8.27. The molecule has 6 nitrogen and oxygen atoms in total. The summed E-state index contributed by atoms with van der Waals surface area (Å²) in [7, 11) is 0. The predicted molar refractivity (Wildman–Crippen MR) is 94.4 cm³/mol. The highest BCUT2D eigenvalue weighted by Gasteiger charge is 2.07. The van der Waals surface area contributed by atoms with E-state index in [0.717, 1.165) is 4.90 Å². The summed E-state index contributed by atoms with van der Waals surface area (Å²) in [6, 6.07) is 11.0. The van der Waals surface area contributed by atoms with Crippen molar-refractivity contribution in [1.29, 1.82) is 0 Å². The van der Waals surface area contributed by atoms with Crippen molar-refractivity contribution in [2.24, 2.45) is 0 Å². The Balaban J connectivity index is 1.75. The molecule has 124 valence electrons. The van der Waals surface area contributed by atoms with Crippen molar-refractivity contribution in [2.75, 3.05) is 6.54 Å². The average Bonchev–Trinajstić information content (AvgIpc) is 2.57. The molecular weight excluding hydrogens is 326 g/mol. The van der Waals surface area contributed by atoms with Crippen LogP contribution in [0, 0.1) is 0 Å². The Morgan fingerprint density at radius 1 is 1.29 bits per heavy atom. The number of aromatic amines is 1. The number of hydrogen-bond donors (Lipinski definition) is 3. The van der Waals surface area contributed by atoms with E-state index < -0.39 is 0 Å². The van der Waals surface area contributed by atoms with Crippen LogP contribution in [0.1, 0.15) is 6.92 Å². The molecule has 1 unspecified atom stereocenters. The van der Waals surface area contributed by atoms with Gasteiger partial charge in [0, 0.05) is 23.8 Å². The summed E-state index contributed by atoms with van der Waals surface area (Å²) in [5.74, 6) is 1.25. The zero-order valence-electron chi connectivity index (χ0n) is 13.0. The quantitative estimate of drug-likeness (QED) is 0.597. The van der Waals surface area contributed by atoms with Crippen molar-refractivity contribution in [3.05, 3.63) is 59.1 Å². The third-order valence-electron chi connectivity index (χ3n) is 3.25. The van der Waals surface area contributed by atoms with E-state index in [1.165, 1.54) is 11.9 Å². The van der Waals surface area contributed by atoms with E-state index in [2.05, 4.69) is 14.7 Å². The molecule has 0 aliphatic rings. The predicted octanol–water partition coefficient (Wildman–Crippen LogP) is 2.69. The molecule has 24 heavy (non-hydrogen) atoms. The topological polar surface area (TPSA) is 87.2 Å². The van der Waals surface area contributed by atoms with E-state index in [-0.39, 0.29) is 11.7 Å². The minimum atomic E-state index is -0.386. The van der Waals surface area contributed by atoms with E-state index in [1.54, 1.807) is 31.5 Å². The van der Waals surface area contributed by atoms with Gasteiger partial charge in [-0.3, -0.25) is 14.5 Å². The minimum absolute atomic E-state index is 0.242. The van der Waals surface area contributed by atoms with Gasteiger partial charge in [-0.1, -0.05) is 0 Å². The molecule has 0 aliphatic carbocycles. The van der Waals surface area contributed by atoms with Gasteiger partial charge in [0.25, 0.3) is 5.56 Å². The number of benzene rings is 1. The van der Waals surface area contributed by atoms with Crippen LogP contribution in [0.15, 0.2) is 58.5 Å². The Labute approximate surface area is 143 Å². The number of aromatic nitrogens is 2. The van der Waals surface area contributed by atoms with E-state index in [1.807, 2.05) is 24.3 Å². The highest BCUT2D eigenvalue weighted by molar-refractivity contribution is 7.97. The zero-order valence-corrected chi connectivity index (χ0v) is 13.8. The number of pyridine rings is 2. The molecular formula is C17H17N3O3S. The molecule has 0 saturated carbocycles. The summed E-state index contributed by atoms with van der Waals surface area (Å²) in [6.45, 7) is 2.25. The standard InChI is InChI=1S/C17H17N3O3S/c1-11(21)10-20-24-13-4-2-12(3-5-13)23-15-7-9-18-16-14(15)6-8-19-17(16)22/h2-9,11,20-21H,10H2,1H3,(H,19,22). The molecule has 2 aromatic heterocycles. The molecule has 0 fully saturated rings. The van der Waals surface area contributed by atoms with Gasteiger partial charge in [0.15, 0.2) is 0 Å². The van der Waals surface area contributed by atoms with Crippen LogP contribution in [0.25, 0.3) is 10.9 Å². The summed E-state index contributed by atoms with van der Waals surface area (Å²) in [5.41, 5.74) is 0.110. The molecule has 0 radical (unpaired) electrons. The molecule has 0 aliphatic heterocycles. The maximum absolute atomic E-state index is 11.8. The number of rotatable bonds is 6. The van der Waals surface area contributed by atoms with Gasteiger partial charge in [-0.05, 0) is 55.3 Å². The number of nitrogens with zero attached hydrogens (tertiary/aromatic N) is 1. The molecule has 3 N–H and O–H groups in total. The van der Waals surface area contributed by atoms with Gasteiger partial charge in [0.05, 0.1) is 11.5 Å². The van der Waals surface area contributed by atoms with Crippen molar-refractivity contribution in [1.82, 2.24) is 14.7 Å². The highest BCUT2D eigenvalue weighted by atomic mass is 32.2. The van der Waals surface area contributed by atoms with Crippen molar-refractivity contribution >= 4 is 22.9 Å². The lowest BCUT2D eigenvalue weighted by atomic mass is 10.2. The second-order valence-corrected chi connectivity index (χ2v) is 6.22. The largest absolute Gasteiger partial charge is 0.457 e. The van der Waals surface area contributed by atoms with E-state index in [4.69, 9.17) is 4.74 Å². The SMILES string of the molecule is CC(O)CNSc1ccc(Oc2ccnc3c(=O)[nH]ccc23)cc1. The number of ether oxygens (including phenoxy) is 1. The van der Waals surface area contributed by atoms with Crippen molar-refractivity contribution in [3.8, 4) is 11.5 Å². The Morgan fingerprint density at radius 2 is 2.08 bits per heavy atom. The molecule has 1 atom stereocenters. The first-order chi connectivity index (χ1) is 11.6. The van der Waals surface area contributed by atoms with Crippen LogP contribution in [-0.4, -0.2) is 27.7 Å². The van der Waals surface area contributed by atoms with E-state index >= 15 is 0 Å². The smallest absolute Gasteiger partial charge is 0.274 e. The van der Waals surface area contributed by atoms with Gasteiger partial charge >= 0.3 is 0 Å². The fourth-order valence-electron chi connectivity index (χ4n) is 2.10. The Morgan fingerprint density at radius 3 is 2.83 bits per heavy atom. The second-order valence-electron chi connectivity index (χ2n) is 5.25. The molecule has 0 saturated heterocycles. The molecule has 1 aromatic carbocycles. The molecule has 3 aromatic rings. The lowest BCUT2D eigenvalue weighted by molar-refractivity contribution is 0.200. The summed E-state index contributed by atoms with van der Waals surface area (Å²) in [5, 5.41) is 9.88. The number of H-pyrrole nitrogens is 1. The Kier molecular flexibility index (Phi) is 5.14. The number of aliphatic hydroxyl groups excluding tert-OH is 1. The molecule has 2 heterocycles. The van der Waals surface area contributed by atoms with Crippen LogP contribution < -0.4 is 15.0 Å². The van der Waals surface area contributed by atoms with Crippen LogP contribution in [0.3, 0.4) is 0 Å². The zero-order chi connectivity index (χ0) is 16.9. The fourth-order valence-corrected chi connectivity index (χ4v) is 2.87. The highest BCUT2D eigenvalue weighted by Crippen LogP contribution is 2.28. The van der Waals surface area contributed by atoms with Gasteiger partial charge in [0.1, 0.15) is 17.0 Å². The maximum Gasteiger partial charge on any atom is 0.274 e. The summed E-state index contributed by atoms with van der Waals surface area (Å²) in [4.78, 5) is 19.5. The molecule has 0 amide bonds. The van der Waals surface area contributed by atoms with Crippen LogP contribution in [0.2, 0.25) is 0 Å². The lowest BCUT2D eigenvalue weighted by Gasteiger charge is -2.09. The minimum Gasteiger partial charge on any atom is -0.457 e. The van der Waals surface area contributed by atoms with Crippen LogP contribution >= 0.6 is 11.9 Å². The third-order valence-corrected chi connectivity index (χ3v) is 4.07.